The van der Waals surface area contributed by atoms with E-state index in [1.54, 1.807) is 27.3 Å². The first-order valence-electron chi connectivity index (χ1n) is 11.3. The third kappa shape index (κ3) is 4.08. The van der Waals surface area contributed by atoms with E-state index >= 15 is 0 Å². The molecule has 0 bridgehead atoms. The molecule has 0 radical (unpaired) electrons. The zero-order valence-corrected chi connectivity index (χ0v) is 18.5. The molecule has 8 heteroatoms. The maximum atomic E-state index is 14.5. The van der Waals surface area contributed by atoms with Gasteiger partial charge in [0.15, 0.2) is 11.2 Å². The van der Waals surface area contributed by atoms with E-state index in [9.17, 15) is 14.0 Å². The van der Waals surface area contributed by atoms with Gasteiger partial charge in [-0.2, -0.15) is 0 Å². The van der Waals surface area contributed by atoms with Gasteiger partial charge in [0.05, 0.1) is 6.54 Å². The van der Waals surface area contributed by atoms with Crippen LogP contribution in [0.1, 0.15) is 36.2 Å². The fourth-order valence-electron chi connectivity index (χ4n) is 4.39. The SMILES string of the molecule is CNc1ccc(Cc2nc3c(c(=O)[nH]c(=O)n3CC3CCC3)n2Cc2ccccc2F)cc1. The minimum atomic E-state index is -0.500. The number of aromatic amines is 1. The smallest absolute Gasteiger partial charge is 0.330 e. The molecule has 2 aromatic carbocycles. The second-order valence-corrected chi connectivity index (χ2v) is 8.67. The van der Waals surface area contributed by atoms with Gasteiger partial charge in [0, 0.05) is 31.3 Å². The maximum Gasteiger partial charge on any atom is 0.330 e. The van der Waals surface area contributed by atoms with Crippen molar-refractivity contribution in [1.29, 1.82) is 0 Å². The van der Waals surface area contributed by atoms with Crippen LogP contribution in [-0.4, -0.2) is 26.1 Å². The maximum absolute atomic E-state index is 14.5. The molecule has 1 aliphatic carbocycles. The van der Waals surface area contributed by atoms with Crippen LogP contribution < -0.4 is 16.6 Å². The van der Waals surface area contributed by atoms with Crippen LogP contribution in [0.4, 0.5) is 10.1 Å². The first kappa shape index (κ1) is 21.2. The quantitative estimate of drug-likeness (QED) is 0.454. The van der Waals surface area contributed by atoms with Crippen molar-refractivity contribution in [3.8, 4) is 0 Å². The van der Waals surface area contributed by atoms with Crippen molar-refractivity contribution in [3.63, 3.8) is 0 Å². The first-order chi connectivity index (χ1) is 16.0. The van der Waals surface area contributed by atoms with Crippen molar-refractivity contribution in [2.75, 3.05) is 12.4 Å². The van der Waals surface area contributed by atoms with Gasteiger partial charge in [0.2, 0.25) is 0 Å². The lowest BCUT2D eigenvalue weighted by molar-refractivity contribution is 0.275. The molecule has 1 saturated carbocycles. The Morgan fingerprint density at radius 1 is 1.09 bits per heavy atom. The van der Waals surface area contributed by atoms with Crippen LogP contribution in [0.25, 0.3) is 11.2 Å². The van der Waals surface area contributed by atoms with E-state index in [0.29, 0.717) is 41.4 Å². The molecule has 4 aromatic rings. The van der Waals surface area contributed by atoms with E-state index in [4.69, 9.17) is 4.98 Å². The highest BCUT2D eigenvalue weighted by Crippen LogP contribution is 2.28. The topological polar surface area (TPSA) is 84.7 Å². The molecule has 0 atom stereocenters. The summed E-state index contributed by atoms with van der Waals surface area (Å²) in [5.74, 6) is 0.679. The highest BCUT2D eigenvalue weighted by molar-refractivity contribution is 5.71. The van der Waals surface area contributed by atoms with Gasteiger partial charge < -0.3 is 9.88 Å². The summed E-state index contributed by atoms with van der Waals surface area (Å²) in [6.07, 6.45) is 3.73. The van der Waals surface area contributed by atoms with Crippen molar-refractivity contribution < 1.29 is 4.39 Å². The standard InChI is InChI=1S/C25H26FN5O2/c1-27-19-11-9-16(10-12-19)13-21-28-23-22(30(21)15-18-7-2-3-8-20(18)26)24(32)29-25(33)31(23)14-17-5-4-6-17/h2-3,7-12,17,27H,4-6,13-15H2,1H3,(H,29,32,33). The van der Waals surface area contributed by atoms with Crippen molar-refractivity contribution in [1.82, 2.24) is 19.1 Å². The summed E-state index contributed by atoms with van der Waals surface area (Å²) in [6, 6.07) is 14.4. The van der Waals surface area contributed by atoms with E-state index in [1.807, 2.05) is 31.3 Å². The lowest BCUT2D eigenvalue weighted by Gasteiger charge is -2.25. The van der Waals surface area contributed by atoms with Crippen LogP contribution in [0.15, 0.2) is 58.1 Å². The monoisotopic (exact) mass is 447 g/mol. The Hall–Kier alpha value is -3.68. The minimum absolute atomic E-state index is 0.151. The Bertz CT molecular complexity index is 1410. The molecular formula is C25H26FN5O2. The van der Waals surface area contributed by atoms with E-state index in [2.05, 4.69) is 10.3 Å². The summed E-state index contributed by atoms with van der Waals surface area (Å²) in [6.45, 7) is 0.678. The number of nitrogens with zero attached hydrogens (tertiary/aromatic N) is 3. The third-order valence-corrected chi connectivity index (χ3v) is 6.52. The lowest BCUT2D eigenvalue weighted by Crippen LogP contribution is -2.34. The van der Waals surface area contributed by atoms with Crippen LogP contribution in [-0.2, 0) is 19.5 Å². The number of H-pyrrole nitrogens is 1. The number of benzene rings is 2. The molecule has 170 valence electrons. The summed E-state index contributed by atoms with van der Waals surface area (Å²) < 4.78 is 17.8. The Morgan fingerprint density at radius 2 is 1.85 bits per heavy atom. The summed E-state index contributed by atoms with van der Waals surface area (Å²) in [5.41, 5.74) is 2.18. The van der Waals surface area contributed by atoms with E-state index in [1.165, 1.54) is 6.07 Å². The van der Waals surface area contributed by atoms with Gasteiger partial charge in [-0.15, -0.1) is 0 Å². The number of nitrogens with one attached hydrogen (secondary N) is 2. The lowest BCUT2D eigenvalue weighted by atomic mass is 9.85. The van der Waals surface area contributed by atoms with Crippen LogP contribution >= 0.6 is 0 Å². The molecule has 1 fully saturated rings. The van der Waals surface area contributed by atoms with Gasteiger partial charge in [-0.05, 0) is 42.5 Å². The molecule has 0 aliphatic heterocycles. The molecular weight excluding hydrogens is 421 g/mol. The average molecular weight is 448 g/mol. The van der Waals surface area contributed by atoms with Crippen LogP contribution in [0.3, 0.4) is 0 Å². The second-order valence-electron chi connectivity index (χ2n) is 8.67. The number of anilines is 1. The molecule has 5 rings (SSSR count). The molecule has 2 heterocycles. The Morgan fingerprint density at radius 3 is 2.52 bits per heavy atom. The minimum Gasteiger partial charge on any atom is -0.388 e. The molecule has 0 unspecified atom stereocenters. The Balaban J connectivity index is 1.66. The predicted molar refractivity (Wildman–Crippen MR) is 126 cm³/mol. The largest absolute Gasteiger partial charge is 0.388 e. The van der Waals surface area contributed by atoms with Crippen LogP contribution in [0.2, 0.25) is 0 Å². The number of hydrogen-bond donors (Lipinski definition) is 2. The molecule has 33 heavy (non-hydrogen) atoms. The highest BCUT2D eigenvalue weighted by Gasteiger charge is 2.24. The van der Waals surface area contributed by atoms with Gasteiger partial charge >= 0.3 is 5.69 Å². The van der Waals surface area contributed by atoms with E-state index in [-0.39, 0.29) is 12.4 Å². The molecule has 7 nitrogen and oxygen atoms in total. The van der Waals surface area contributed by atoms with Gasteiger partial charge in [0.25, 0.3) is 5.56 Å². The summed E-state index contributed by atoms with van der Waals surface area (Å²) in [7, 11) is 1.86. The van der Waals surface area contributed by atoms with Gasteiger partial charge in [0.1, 0.15) is 11.6 Å². The molecule has 2 N–H and O–H groups in total. The van der Waals surface area contributed by atoms with Crippen LogP contribution in [0, 0.1) is 11.7 Å². The molecule has 0 amide bonds. The molecule has 0 saturated heterocycles. The number of hydrogen-bond acceptors (Lipinski definition) is 4. The normalized spacial score (nSPS) is 13.9. The van der Waals surface area contributed by atoms with Crippen molar-refractivity contribution in [2.24, 2.45) is 5.92 Å². The number of halogens is 1. The van der Waals surface area contributed by atoms with Crippen molar-refractivity contribution in [3.05, 3.63) is 92.1 Å². The number of fused-ring (bicyclic) bond motifs is 1. The summed E-state index contributed by atoms with van der Waals surface area (Å²) in [5, 5.41) is 3.09. The average Bonchev–Trinajstić information content (AvgIpc) is 3.12. The predicted octanol–water partition coefficient (Wildman–Crippen LogP) is 3.51. The highest BCUT2D eigenvalue weighted by atomic mass is 19.1. The summed E-state index contributed by atoms with van der Waals surface area (Å²) in [4.78, 5) is 32.9. The van der Waals surface area contributed by atoms with Gasteiger partial charge in [-0.25, -0.2) is 14.2 Å². The van der Waals surface area contributed by atoms with E-state index in [0.717, 1.165) is 30.5 Å². The van der Waals surface area contributed by atoms with Crippen molar-refractivity contribution in [2.45, 2.75) is 38.8 Å². The second kappa shape index (κ2) is 8.69. The molecule has 2 aromatic heterocycles. The van der Waals surface area contributed by atoms with Crippen molar-refractivity contribution >= 4 is 16.9 Å². The third-order valence-electron chi connectivity index (χ3n) is 6.52. The van der Waals surface area contributed by atoms with Gasteiger partial charge in [-0.3, -0.25) is 14.3 Å². The number of rotatable bonds is 7. The Labute approximate surface area is 189 Å². The Kier molecular flexibility index (Phi) is 5.58. The first-order valence-corrected chi connectivity index (χ1v) is 11.3. The zero-order valence-electron chi connectivity index (χ0n) is 18.5. The molecule has 1 aliphatic rings. The fourth-order valence-corrected chi connectivity index (χ4v) is 4.39. The number of imidazole rings is 1. The summed E-state index contributed by atoms with van der Waals surface area (Å²) >= 11 is 0. The fraction of sp³-hybridized carbons (Fsp3) is 0.320. The van der Waals surface area contributed by atoms with Gasteiger partial charge in [-0.1, -0.05) is 36.8 Å². The molecule has 0 spiro atoms. The van der Waals surface area contributed by atoms with E-state index < -0.39 is 11.2 Å². The zero-order chi connectivity index (χ0) is 22.9. The number of aromatic nitrogens is 4. The van der Waals surface area contributed by atoms with Crippen LogP contribution in [0.5, 0.6) is 0 Å².